The molecule has 53 valence electrons. The lowest BCUT2D eigenvalue weighted by atomic mass is 10.5. The summed E-state index contributed by atoms with van der Waals surface area (Å²) >= 11 is 0. The Morgan fingerprint density at radius 1 is 0.889 bits per heavy atom. The van der Waals surface area contributed by atoms with Crippen molar-refractivity contribution in [3.8, 4) is 0 Å². The zero-order valence-corrected chi connectivity index (χ0v) is 8.07. The van der Waals surface area contributed by atoms with Crippen LogP contribution in [0.3, 0.4) is 0 Å². The van der Waals surface area contributed by atoms with Gasteiger partial charge in [0, 0.05) is 8.41 Å². The van der Waals surface area contributed by atoms with Crippen molar-refractivity contribution >= 4 is 16.3 Å². The van der Waals surface area contributed by atoms with Gasteiger partial charge in [0.1, 0.15) is 0 Å². The quantitative estimate of drug-likeness (QED) is 0.411. The molecule has 0 saturated carbocycles. The van der Waals surface area contributed by atoms with Crippen LogP contribution in [-0.2, 0) is 0 Å². The molecule has 2 heteroatoms. The summed E-state index contributed by atoms with van der Waals surface area (Å²) in [7, 11) is 0.301. The van der Waals surface area contributed by atoms with Crippen LogP contribution in [0.25, 0.3) is 0 Å². The highest BCUT2D eigenvalue weighted by Gasteiger charge is 2.08. The third-order valence-corrected chi connectivity index (χ3v) is 4.89. The summed E-state index contributed by atoms with van der Waals surface area (Å²) in [6.07, 6.45) is 0. The van der Waals surface area contributed by atoms with E-state index in [0.29, 0.717) is 7.92 Å². The molecule has 3 radical (unpaired) electrons. The van der Waals surface area contributed by atoms with Crippen molar-refractivity contribution in [3.05, 3.63) is 0 Å². The highest BCUT2D eigenvalue weighted by molar-refractivity contribution is 7.58. The van der Waals surface area contributed by atoms with Gasteiger partial charge in [0.05, 0.1) is 0 Å². The van der Waals surface area contributed by atoms with E-state index in [0.717, 1.165) is 11.3 Å². The Balaban J connectivity index is 0. The Hall–Kier alpha value is 0.495. The Labute approximate surface area is 62.8 Å². The zero-order chi connectivity index (χ0) is 6.73. The van der Waals surface area contributed by atoms with Crippen LogP contribution in [0.4, 0.5) is 0 Å². The zero-order valence-electron chi connectivity index (χ0n) is 7.18. The van der Waals surface area contributed by atoms with Crippen molar-refractivity contribution in [1.82, 2.24) is 0 Å². The second kappa shape index (κ2) is 5.29. The minimum Gasteiger partial charge on any atom is -0.105 e. The monoisotopic (exact) mass is 143 g/mol. The van der Waals surface area contributed by atoms with Gasteiger partial charge >= 0.3 is 0 Å². The molecule has 0 bridgehead atoms. The number of hydrogen-bond donors (Lipinski definition) is 0. The fourth-order valence-corrected chi connectivity index (χ4v) is 1.79. The summed E-state index contributed by atoms with van der Waals surface area (Å²) < 4.78 is 0. The van der Waals surface area contributed by atoms with Crippen molar-refractivity contribution in [3.63, 3.8) is 0 Å². The van der Waals surface area contributed by atoms with Gasteiger partial charge in [-0.15, -0.1) is 7.92 Å². The molecule has 0 aromatic rings. The van der Waals surface area contributed by atoms with Gasteiger partial charge in [-0.3, -0.25) is 0 Å². The Morgan fingerprint density at radius 2 is 1.11 bits per heavy atom. The minimum absolute atomic E-state index is 0. The van der Waals surface area contributed by atoms with Crippen molar-refractivity contribution < 1.29 is 0 Å². The van der Waals surface area contributed by atoms with Crippen molar-refractivity contribution in [1.29, 1.82) is 0 Å². The molecule has 0 aliphatic heterocycles. The lowest BCUT2D eigenvalue weighted by Crippen LogP contribution is -2.00. The van der Waals surface area contributed by atoms with Crippen LogP contribution >= 0.6 is 7.92 Å². The maximum absolute atomic E-state index is 2.38. The first kappa shape index (κ1) is 12.2. The smallest absolute Gasteiger partial charge is 0 e. The minimum atomic E-state index is 0. The summed E-state index contributed by atoms with van der Waals surface area (Å²) in [5.41, 5.74) is 1.81. The highest BCUT2D eigenvalue weighted by Crippen LogP contribution is 2.41. The molecule has 0 amide bonds. The van der Waals surface area contributed by atoms with Gasteiger partial charge in [0.25, 0.3) is 0 Å². The van der Waals surface area contributed by atoms with E-state index in [-0.39, 0.29) is 8.41 Å². The van der Waals surface area contributed by atoms with Crippen LogP contribution in [0.5, 0.6) is 0 Å². The van der Waals surface area contributed by atoms with Gasteiger partial charge in [-0.2, -0.15) is 0 Å². The molecular formula is C7H17BP. The van der Waals surface area contributed by atoms with E-state index in [1.54, 1.807) is 0 Å². The molecule has 0 heterocycles. The largest absolute Gasteiger partial charge is 0.105 e. The summed E-state index contributed by atoms with van der Waals surface area (Å²) in [6.45, 7) is 11.6. The van der Waals surface area contributed by atoms with E-state index in [4.69, 9.17) is 0 Å². The summed E-state index contributed by atoms with van der Waals surface area (Å²) in [5.74, 6) is 0. The van der Waals surface area contributed by atoms with E-state index < -0.39 is 0 Å². The first-order valence-electron chi connectivity index (χ1n) is 3.27. The van der Waals surface area contributed by atoms with Crippen LogP contribution in [-0.4, -0.2) is 26.4 Å². The van der Waals surface area contributed by atoms with Crippen LogP contribution in [0, 0.1) is 0 Å². The first-order valence-corrected chi connectivity index (χ1v) is 5.20. The second-order valence-electron chi connectivity index (χ2n) is 2.85. The van der Waals surface area contributed by atoms with Gasteiger partial charge in [-0.1, -0.05) is 27.7 Å². The van der Waals surface area contributed by atoms with Crippen LogP contribution in [0.1, 0.15) is 27.7 Å². The molecule has 0 aliphatic rings. The molecule has 0 fully saturated rings. The molecule has 0 spiro atoms. The highest BCUT2D eigenvalue weighted by atomic mass is 31.1. The van der Waals surface area contributed by atoms with E-state index in [9.17, 15) is 0 Å². The standard InChI is InChI=1S/C7H17P.B/c1-6(2)8(5)7(3)4;/h6-7H,1-5H3;. The van der Waals surface area contributed by atoms with E-state index in [1.807, 2.05) is 0 Å². The molecule has 0 saturated heterocycles. The lowest BCUT2D eigenvalue weighted by molar-refractivity contribution is 1.01. The lowest BCUT2D eigenvalue weighted by Gasteiger charge is -2.19. The van der Waals surface area contributed by atoms with E-state index in [2.05, 4.69) is 34.4 Å². The molecule has 0 atom stereocenters. The second-order valence-corrected chi connectivity index (χ2v) is 6.25. The summed E-state index contributed by atoms with van der Waals surface area (Å²) in [5, 5.41) is 0. The molecular weight excluding hydrogens is 126 g/mol. The molecule has 0 nitrogen and oxygen atoms in total. The summed E-state index contributed by atoms with van der Waals surface area (Å²) in [6, 6.07) is 0. The third kappa shape index (κ3) is 4.97. The molecule has 0 unspecified atom stereocenters. The molecule has 0 aromatic heterocycles. The maximum atomic E-state index is 2.38. The summed E-state index contributed by atoms with van der Waals surface area (Å²) in [4.78, 5) is 0. The predicted molar refractivity (Wildman–Crippen MR) is 48.9 cm³/mol. The number of rotatable bonds is 2. The number of hydrogen-bond acceptors (Lipinski definition) is 0. The molecule has 0 N–H and O–H groups in total. The Bertz CT molecular complexity index is 53.9. The normalized spacial score (nSPS) is 10.7. The molecule has 0 rings (SSSR count). The first-order chi connectivity index (χ1) is 3.55. The SMILES string of the molecule is CC(C)P(C)C(C)C.[B]. The fraction of sp³-hybridized carbons (Fsp3) is 1.00. The Kier molecular flexibility index (Phi) is 7.17. The van der Waals surface area contributed by atoms with Crippen LogP contribution in [0.2, 0.25) is 0 Å². The average Bonchev–Trinajstić information content (AvgIpc) is 1.64. The van der Waals surface area contributed by atoms with Gasteiger partial charge < -0.3 is 0 Å². The fourth-order valence-electron chi connectivity index (χ4n) is 0.596. The molecule has 0 aliphatic carbocycles. The van der Waals surface area contributed by atoms with Crippen LogP contribution < -0.4 is 0 Å². The van der Waals surface area contributed by atoms with Gasteiger partial charge in [0.15, 0.2) is 0 Å². The molecule has 0 aromatic carbocycles. The van der Waals surface area contributed by atoms with Gasteiger partial charge in [-0.05, 0) is 18.0 Å². The van der Waals surface area contributed by atoms with Crippen molar-refractivity contribution in [2.45, 2.75) is 39.0 Å². The Morgan fingerprint density at radius 3 is 1.11 bits per heavy atom. The topological polar surface area (TPSA) is 0 Å². The maximum Gasteiger partial charge on any atom is 0 e. The van der Waals surface area contributed by atoms with Crippen molar-refractivity contribution in [2.75, 3.05) is 6.66 Å². The van der Waals surface area contributed by atoms with Crippen LogP contribution in [0.15, 0.2) is 0 Å². The van der Waals surface area contributed by atoms with E-state index >= 15 is 0 Å². The third-order valence-electron chi connectivity index (χ3n) is 1.63. The molecule has 9 heavy (non-hydrogen) atoms. The van der Waals surface area contributed by atoms with E-state index in [1.165, 1.54) is 0 Å². The predicted octanol–water partition coefficient (Wildman–Crippen LogP) is 2.53. The van der Waals surface area contributed by atoms with Crippen molar-refractivity contribution in [2.24, 2.45) is 0 Å². The van der Waals surface area contributed by atoms with Gasteiger partial charge in [-0.25, -0.2) is 0 Å². The average molecular weight is 143 g/mol. The van der Waals surface area contributed by atoms with Gasteiger partial charge in [0.2, 0.25) is 0 Å².